The second-order valence-corrected chi connectivity index (χ2v) is 9.45. The Hall–Kier alpha value is -3.98. The highest BCUT2D eigenvalue weighted by atomic mass is 32.2. The molecule has 0 aromatic heterocycles. The van der Waals surface area contributed by atoms with Crippen LogP contribution in [-0.4, -0.2) is 45.3 Å². The molecular weight excluding hydrogens is 478 g/mol. The summed E-state index contributed by atoms with van der Waals surface area (Å²) in [6.07, 6.45) is 0.0222. The Morgan fingerprint density at radius 3 is 2.39 bits per heavy atom. The van der Waals surface area contributed by atoms with Gasteiger partial charge in [-0.05, 0) is 24.6 Å². The van der Waals surface area contributed by atoms with Crippen LogP contribution in [0.25, 0.3) is 0 Å². The van der Waals surface area contributed by atoms with Crippen molar-refractivity contribution in [1.82, 2.24) is 4.90 Å². The number of carbonyl (C=O) groups excluding carboxylic acids is 2. The van der Waals surface area contributed by atoms with Crippen molar-refractivity contribution in [2.24, 2.45) is 4.99 Å². The Bertz CT molecular complexity index is 1310. The third-order valence-electron chi connectivity index (χ3n) is 6.10. The van der Waals surface area contributed by atoms with Crippen LogP contribution in [0.2, 0.25) is 0 Å². The van der Waals surface area contributed by atoms with Gasteiger partial charge in [-0.3, -0.25) is 14.9 Å². The summed E-state index contributed by atoms with van der Waals surface area (Å²) >= 11 is 1.26. The lowest BCUT2D eigenvalue weighted by molar-refractivity contribution is -0.385. The molecule has 1 atom stereocenters. The number of amides is 1. The van der Waals surface area contributed by atoms with Crippen LogP contribution in [0.5, 0.6) is 0 Å². The predicted molar refractivity (Wildman–Crippen MR) is 139 cm³/mol. The number of hydrogen-bond acceptors (Lipinski definition) is 6. The standard InChI is InChI=1S/C27H25N3O5S/c1-19-12-14-21(15-13-19)24(31)28-26-29(17-20-8-4-3-5-9-20)27(18-36-26,25(32)35-2)16-22-10-6-7-11-23(22)30(33)34/h3-15H,16-18H2,1-2H3. The van der Waals surface area contributed by atoms with E-state index in [4.69, 9.17) is 4.74 Å². The molecular formula is C27H25N3O5S. The second kappa shape index (κ2) is 10.7. The summed E-state index contributed by atoms with van der Waals surface area (Å²) in [5.41, 5.74) is 1.38. The number of amidine groups is 1. The molecule has 1 aliphatic rings. The van der Waals surface area contributed by atoms with Crippen LogP contribution in [0.15, 0.2) is 83.9 Å². The molecule has 0 aliphatic carbocycles. The van der Waals surface area contributed by atoms with E-state index in [1.165, 1.54) is 24.9 Å². The fraction of sp³-hybridized carbons (Fsp3) is 0.222. The average Bonchev–Trinajstić information content (AvgIpc) is 3.22. The van der Waals surface area contributed by atoms with E-state index in [0.717, 1.165) is 11.1 Å². The van der Waals surface area contributed by atoms with E-state index in [2.05, 4.69) is 4.99 Å². The molecule has 0 N–H and O–H groups in total. The van der Waals surface area contributed by atoms with Crippen molar-refractivity contribution in [2.75, 3.05) is 12.9 Å². The van der Waals surface area contributed by atoms with E-state index in [0.29, 0.717) is 16.3 Å². The molecule has 1 fully saturated rings. The molecule has 0 saturated carbocycles. The summed E-state index contributed by atoms with van der Waals surface area (Å²) in [5, 5.41) is 12.1. The first kappa shape index (κ1) is 25.1. The lowest BCUT2D eigenvalue weighted by atomic mass is 9.89. The lowest BCUT2D eigenvalue weighted by Gasteiger charge is -2.36. The third-order valence-corrected chi connectivity index (χ3v) is 7.30. The van der Waals surface area contributed by atoms with Crippen LogP contribution >= 0.6 is 11.8 Å². The maximum Gasteiger partial charge on any atom is 0.333 e. The number of rotatable bonds is 7. The van der Waals surface area contributed by atoms with Gasteiger partial charge < -0.3 is 9.64 Å². The molecule has 1 saturated heterocycles. The zero-order valence-electron chi connectivity index (χ0n) is 19.9. The molecule has 3 aromatic rings. The second-order valence-electron chi connectivity index (χ2n) is 8.51. The van der Waals surface area contributed by atoms with E-state index >= 15 is 0 Å². The number of aliphatic imine (C=N–C) groups is 1. The maximum absolute atomic E-state index is 13.4. The van der Waals surface area contributed by atoms with E-state index < -0.39 is 22.3 Å². The van der Waals surface area contributed by atoms with E-state index in [1.54, 1.807) is 35.2 Å². The Kier molecular flexibility index (Phi) is 7.49. The van der Waals surface area contributed by atoms with Gasteiger partial charge in [0.2, 0.25) is 0 Å². The first-order valence-corrected chi connectivity index (χ1v) is 12.3. The number of benzene rings is 3. The summed E-state index contributed by atoms with van der Waals surface area (Å²) in [4.78, 5) is 43.8. The van der Waals surface area contributed by atoms with Gasteiger partial charge in [0.1, 0.15) is 0 Å². The fourth-order valence-electron chi connectivity index (χ4n) is 4.18. The molecule has 1 amide bonds. The van der Waals surface area contributed by atoms with Crippen LogP contribution in [-0.2, 0) is 22.5 Å². The van der Waals surface area contributed by atoms with Gasteiger partial charge in [0.15, 0.2) is 10.7 Å². The smallest absolute Gasteiger partial charge is 0.333 e. The first-order valence-electron chi connectivity index (χ1n) is 11.3. The molecule has 184 valence electrons. The van der Waals surface area contributed by atoms with Crippen molar-refractivity contribution < 1.29 is 19.2 Å². The van der Waals surface area contributed by atoms with E-state index in [1.807, 2.05) is 49.4 Å². The van der Waals surface area contributed by atoms with Crippen LogP contribution in [0.1, 0.15) is 27.0 Å². The van der Waals surface area contributed by atoms with Crippen molar-refractivity contribution in [2.45, 2.75) is 25.4 Å². The Labute approximate surface area is 213 Å². The molecule has 9 heteroatoms. The van der Waals surface area contributed by atoms with Gasteiger partial charge in [-0.1, -0.05) is 78.0 Å². The van der Waals surface area contributed by atoms with Crippen molar-refractivity contribution in [1.29, 1.82) is 0 Å². The number of thioether (sulfide) groups is 1. The Morgan fingerprint density at radius 2 is 1.72 bits per heavy atom. The van der Waals surface area contributed by atoms with Gasteiger partial charge >= 0.3 is 5.97 Å². The highest BCUT2D eigenvalue weighted by molar-refractivity contribution is 8.14. The normalized spacial score (nSPS) is 18.3. The van der Waals surface area contributed by atoms with Gasteiger partial charge in [0.25, 0.3) is 11.6 Å². The average molecular weight is 504 g/mol. The first-order chi connectivity index (χ1) is 17.3. The number of ether oxygens (including phenoxy) is 1. The number of esters is 1. The maximum atomic E-state index is 13.4. The molecule has 4 rings (SSSR count). The molecule has 1 unspecified atom stereocenters. The zero-order valence-corrected chi connectivity index (χ0v) is 20.7. The predicted octanol–water partition coefficient (Wildman–Crippen LogP) is 4.80. The minimum absolute atomic E-state index is 0.0222. The highest BCUT2D eigenvalue weighted by Crippen LogP contribution is 2.40. The van der Waals surface area contributed by atoms with Crippen molar-refractivity contribution >= 4 is 34.5 Å². The number of nitro benzene ring substituents is 1. The number of nitrogens with zero attached hydrogens (tertiary/aromatic N) is 3. The van der Waals surface area contributed by atoms with Crippen molar-refractivity contribution in [3.63, 3.8) is 0 Å². The molecule has 1 aliphatic heterocycles. The van der Waals surface area contributed by atoms with Crippen LogP contribution in [0, 0.1) is 17.0 Å². The van der Waals surface area contributed by atoms with Gasteiger partial charge in [-0.2, -0.15) is 4.99 Å². The summed E-state index contributed by atoms with van der Waals surface area (Å²) < 4.78 is 5.23. The molecule has 3 aromatic carbocycles. The minimum atomic E-state index is -1.30. The van der Waals surface area contributed by atoms with Crippen molar-refractivity contribution in [3.8, 4) is 0 Å². The molecule has 1 heterocycles. The topological polar surface area (TPSA) is 102 Å². The fourth-order valence-corrected chi connectivity index (χ4v) is 5.47. The number of hydrogen-bond donors (Lipinski definition) is 0. The van der Waals surface area contributed by atoms with E-state index in [-0.39, 0.29) is 24.4 Å². The molecule has 36 heavy (non-hydrogen) atoms. The summed E-state index contributed by atoms with van der Waals surface area (Å²) in [5.74, 6) is -0.752. The van der Waals surface area contributed by atoms with Gasteiger partial charge in [-0.25, -0.2) is 4.79 Å². The highest BCUT2D eigenvalue weighted by Gasteiger charge is 2.52. The molecule has 8 nitrogen and oxygen atoms in total. The van der Waals surface area contributed by atoms with Crippen LogP contribution in [0.3, 0.4) is 0 Å². The number of methoxy groups -OCH3 is 1. The van der Waals surface area contributed by atoms with Gasteiger partial charge in [0, 0.05) is 35.9 Å². The summed E-state index contributed by atoms with van der Waals surface area (Å²) in [6, 6.07) is 22.9. The van der Waals surface area contributed by atoms with Crippen LogP contribution in [0.4, 0.5) is 5.69 Å². The van der Waals surface area contributed by atoms with Gasteiger partial charge in [-0.15, -0.1) is 0 Å². The molecule has 0 bridgehead atoms. The Morgan fingerprint density at radius 1 is 1.06 bits per heavy atom. The van der Waals surface area contributed by atoms with Crippen LogP contribution < -0.4 is 0 Å². The number of aryl methyl sites for hydroxylation is 1. The van der Waals surface area contributed by atoms with Crippen molar-refractivity contribution in [3.05, 3.63) is 111 Å². The minimum Gasteiger partial charge on any atom is -0.467 e. The number of para-hydroxylation sites is 1. The largest absolute Gasteiger partial charge is 0.467 e. The number of carbonyl (C=O) groups is 2. The van der Waals surface area contributed by atoms with Gasteiger partial charge in [0.05, 0.1) is 12.0 Å². The van der Waals surface area contributed by atoms with E-state index in [9.17, 15) is 19.7 Å². The monoisotopic (exact) mass is 503 g/mol. The SMILES string of the molecule is COC(=O)C1(Cc2ccccc2[N+](=O)[O-])CSC(=NC(=O)c2ccc(C)cc2)N1Cc1ccccc1. The quantitative estimate of drug-likeness (QED) is 0.259. The zero-order chi connectivity index (χ0) is 25.7. The summed E-state index contributed by atoms with van der Waals surface area (Å²) in [6.45, 7) is 2.20. The molecule has 0 radical (unpaired) electrons. The lowest BCUT2D eigenvalue weighted by Crippen LogP contribution is -2.55. The Balaban J connectivity index is 1.80. The molecule has 0 spiro atoms. The summed E-state index contributed by atoms with van der Waals surface area (Å²) in [7, 11) is 1.29. The third kappa shape index (κ3) is 5.16. The number of nitro groups is 1.